The molecule has 0 amide bonds. The maximum absolute atomic E-state index is 5.71. The number of aromatic nitrogens is 4. The molecule has 0 unspecified atom stereocenters. The third-order valence-corrected chi connectivity index (χ3v) is 3.12. The Morgan fingerprint density at radius 2 is 1.87 bits per heavy atom. The van der Waals surface area contributed by atoms with E-state index in [0.717, 1.165) is 11.1 Å². The smallest absolute Gasteiger partial charge is 0.247 e. The lowest BCUT2D eigenvalue weighted by atomic mass is 10.1. The van der Waals surface area contributed by atoms with E-state index in [0.29, 0.717) is 36.9 Å². The molecule has 0 radical (unpaired) electrons. The first-order valence-corrected chi connectivity index (χ1v) is 6.94. The monoisotopic (exact) mass is 309 g/mol. The van der Waals surface area contributed by atoms with Gasteiger partial charge in [-0.25, -0.2) is 4.98 Å². The number of benzene rings is 1. The molecule has 1 aromatic carbocycles. The van der Waals surface area contributed by atoms with Crippen LogP contribution < -0.4 is 10.5 Å². The molecule has 7 nitrogen and oxygen atoms in total. The number of aromatic amines is 1. The molecule has 3 rings (SSSR count). The maximum Gasteiger partial charge on any atom is 0.247 e. The molecule has 116 valence electrons. The Labute approximate surface area is 132 Å². The quantitative estimate of drug-likeness (QED) is 0.531. The van der Waals surface area contributed by atoms with Gasteiger partial charge in [0.05, 0.1) is 12.9 Å². The lowest BCUT2D eigenvalue weighted by Crippen LogP contribution is -2.02. The van der Waals surface area contributed by atoms with Gasteiger partial charge in [0.2, 0.25) is 11.8 Å². The molecule has 0 aliphatic heterocycles. The van der Waals surface area contributed by atoms with Gasteiger partial charge in [0.1, 0.15) is 13.2 Å². The summed E-state index contributed by atoms with van der Waals surface area (Å²) in [6.45, 7) is 1.14. The molecule has 0 aliphatic rings. The number of anilines is 1. The Bertz CT molecular complexity index is 836. The second kappa shape index (κ2) is 6.77. The van der Waals surface area contributed by atoms with Crippen molar-refractivity contribution in [1.29, 1.82) is 0 Å². The first-order chi connectivity index (χ1) is 11.3. The molecule has 3 aromatic rings. The second-order valence-corrected chi connectivity index (χ2v) is 4.79. The molecule has 23 heavy (non-hydrogen) atoms. The van der Waals surface area contributed by atoms with E-state index in [-0.39, 0.29) is 5.95 Å². The zero-order chi connectivity index (χ0) is 16.1. The van der Waals surface area contributed by atoms with E-state index in [9.17, 15) is 0 Å². The van der Waals surface area contributed by atoms with Gasteiger partial charge in [0.25, 0.3) is 0 Å². The fraction of sp³-hybridized carbons (Fsp3) is 0.188. The summed E-state index contributed by atoms with van der Waals surface area (Å²) in [5.41, 5.74) is 8.79. The van der Waals surface area contributed by atoms with Gasteiger partial charge in [0, 0.05) is 0 Å². The van der Waals surface area contributed by atoms with E-state index in [1.165, 1.54) is 6.33 Å². The minimum Gasteiger partial charge on any atom is -0.471 e. The standard InChI is InChI=1S/C16H15N5O2/c1-2-7-22-8-11-3-5-12(6-4-11)9-23-15-13-14(19-10-18-13)20-16(17)21-15/h1,3-6,10H,7-9H2,(H3,17,18,19,20,21). The van der Waals surface area contributed by atoms with Crippen LogP contribution in [0.3, 0.4) is 0 Å². The minimum absolute atomic E-state index is 0.137. The number of fused-ring (bicyclic) bond motifs is 1. The molecule has 0 fully saturated rings. The molecular formula is C16H15N5O2. The van der Waals surface area contributed by atoms with Gasteiger partial charge in [-0.2, -0.15) is 9.97 Å². The van der Waals surface area contributed by atoms with E-state index in [1.54, 1.807) is 0 Å². The van der Waals surface area contributed by atoms with Crippen molar-refractivity contribution in [2.45, 2.75) is 13.2 Å². The van der Waals surface area contributed by atoms with Crippen molar-refractivity contribution in [1.82, 2.24) is 19.9 Å². The molecule has 0 saturated carbocycles. The van der Waals surface area contributed by atoms with Gasteiger partial charge in [-0.05, 0) is 11.1 Å². The highest BCUT2D eigenvalue weighted by Gasteiger charge is 2.10. The molecule has 0 bridgehead atoms. The molecule has 7 heteroatoms. The Kier molecular flexibility index (Phi) is 4.36. The van der Waals surface area contributed by atoms with Crippen molar-refractivity contribution < 1.29 is 9.47 Å². The summed E-state index contributed by atoms with van der Waals surface area (Å²) in [6.07, 6.45) is 6.66. The summed E-state index contributed by atoms with van der Waals surface area (Å²) in [6, 6.07) is 7.85. The molecule has 0 spiro atoms. The summed E-state index contributed by atoms with van der Waals surface area (Å²) in [5, 5.41) is 0. The van der Waals surface area contributed by atoms with Crippen LogP contribution in [0.1, 0.15) is 11.1 Å². The topological polar surface area (TPSA) is 98.9 Å². The third-order valence-electron chi connectivity index (χ3n) is 3.12. The van der Waals surface area contributed by atoms with E-state index in [2.05, 4.69) is 25.9 Å². The summed E-state index contributed by atoms with van der Waals surface area (Å²) < 4.78 is 11.0. The molecular weight excluding hydrogens is 294 g/mol. The molecule has 0 saturated heterocycles. The SMILES string of the molecule is C#CCOCc1ccc(COc2nc(N)nc3[nH]cnc23)cc1. The lowest BCUT2D eigenvalue weighted by molar-refractivity contribution is 0.153. The van der Waals surface area contributed by atoms with Crippen molar-refractivity contribution in [2.75, 3.05) is 12.3 Å². The van der Waals surface area contributed by atoms with Gasteiger partial charge < -0.3 is 20.2 Å². The van der Waals surface area contributed by atoms with Crippen molar-refractivity contribution >= 4 is 17.1 Å². The van der Waals surface area contributed by atoms with E-state index < -0.39 is 0 Å². The molecule has 0 aliphatic carbocycles. The van der Waals surface area contributed by atoms with Gasteiger partial charge >= 0.3 is 0 Å². The normalized spacial score (nSPS) is 10.6. The summed E-state index contributed by atoms with van der Waals surface area (Å²) in [7, 11) is 0. The fourth-order valence-corrected chi connectivity index (χ4v) is 2.04. The average Bonchev–Trinajstić information content (AvgIpc) is 3.02. The van der Waals surface area contributed by atoms with Crippen LogP contribution in [0.4, 0.5) is 5.95 Å². The summed E-state index contributed by atoms with van der Waals surface area (Å²) in [4.78, 5) is 15.1. The second-order valence-electron chi connectivity index (χ2n) is 4.79. The van der Waals surface area contributed by atoms with Crippen LogP contribution in [0.15, 0.2) is 30.6 Å². The Morgan fingerprint density at radius 1 is 1.13 bits per heavy atom. The van der Waals surface area contributed by atoms with Crippen molar-refractivity contribution in [3.8, 4) is 18.2 Å². The first-order valence-electron chi connectivity index (χ1n) is 6.94. The van der Waals surface area contributed by atoms with E-state index >= 15 is 0 Å². The maximum atomic E-state index is 5.71. The summed E-state index contributed by atoms with van der Waals surface area (Å²) >= 11 is 0. The number of imidazole rings is 1. The molecule has 2 aromatic heterocycles. The first kappa shape index (κ1) is 14.8. The fourth-order valence-electron chi connectivity index (χ4n) is 2.04. The average molecular weight is 309 g/mol. The van der Waals surface area contributed by atoms with Crippen molar-refractivity contribution in [3.63, 3.8) is 0 Å². The number of hydrogen-bond donors (Lipinski definition) is 2. The lowest BCUT2D eigenvalue weighted by Gasteiger charge is -2.07. The highest BCUT2D eigenvalue weighted by atomic mass is 16.5. The predicted molar refractivity (Wildman–Crippen MR) is 85.4 cm³/mol. The van der Waals surface area contributed by atoms with Crippen LogP contribution in [-0.4, -0.2) is 26.5 Å². The highest BCUT2D eigenvalue weighted by molar-refractivity contribution is 5.76. The number of hydrogen-bond acceptors (Lipinski definition) is 6. The number of H-pyrrole nitrogens is 1. The Balaban J connectivity index is 1.65. The van der Waals surface area contributed by atoms with Crippen LogP contribution in [0.5, 0.6) is 5.88 Å². The molecule has 3 N–H and O–H groups in total. The van der Waals surface area contributed by atoms with E-state index in [1.807, 2.05) is 24.3 Å². The number of terminal acetylenes is 1. The number of rotatable bonds is 6. The van der Waals surface area contributed by atoms with Crippen LogP contribution in [0.2, 0.25) is 0 Å². The number of nitrogens with one attached hydrogen (secondary N) is 1. The highest BCUT2D eigenvalue weighted by Crippen LogP contribution is 2.20. The van der Waals surface area contributed by atoms with Crippen LogP contribution in [0, 0.1) is 12.3 Å². The van der Waals surface area contributed by atoms with Crippen LogP contribution in [-0.2, 0) is 18.0 Å². The number of ether oxygens (including phenoxy) is 2. The zero-order valence-corrected chi connectivity index (χ0v) is 12.3. The third kappa shape index (κ3) is 3.56. The van der Waals surface area contributed by atoms with Gasteiger partial charge in [-0.15, -0.1) is 6.42 Å². The Hall–Kier alpha value is -3.11. The van der Waals surface area contributed by atoms with E-state index in [4.69, 9.17) is 21.6 Å². The van der Waals surface area contributed by atoms with Crippen molar-refractivity contribution in [3.05, 3.63) is 41.7 Å². The van der Waals surface area contributed by atoms with Crippen molar-refractivity contribution in [2.24, 2.45) is 0 Å². The van der Waals surface area contributed by atoms with Crippen LogP contribution >= 0.6 is 0 Å². The number of nitrogens with zero attached hydrogens (tertiary/aromatic N) is 3. The van der Waals surface area contributed by atoms with Gasteiger partial charge in [-0.3, -0.25) is 0 Å². The zero-order valence-electron chi connectivity index (χ0n) is 12.3. The number of nitrogens with two attached hydrogens (primary N) is 1. The predicted octanol–water partition coefficient (Wildman–Crippen LogP) is 1.66. The minimum atomic E-state index is 0.137. The molecule has 0 atom stereocenters. The Morgan fingerprint density at radius 3 is 2.61 bits per heavy atom. The van der Waals surface area contributed by atoms with Gasteiger partial charge in [0.15, 0.2) is 11.2 Å². The number of nitrogen functional groups attached to an aromatic ring is 1. The summed E-state index contributed by atoms with van der Waals surface area (Å²) in [5.74, 6) is 2.93. The van der Waals surface area contributed by atoms with Gasteiger partial charge in [-0.1, -0.05) is 30.2 Å². The van der Waals surface area contributed by atoms with Crippen LogP contribution in [0.25, 0.3) is 11.2 Å². The largest absolute Gasteiger partial charge is 0.471 e. The molecule has 2 heterocycles.